The van der Waals surface area contributed by atoms with E-state index < -0.39 is 51.9 Å². The van der Waals surface area contributed by atoms with Crippen LogP contribution in [0.25, 0.3) is 0 Å². The summed E-state index contributed by atoms with van der Waals surface area (Å²) < 4.78 is 70.2. The number of rotatable bonds is 14. The van der Waals surface area contributed by atoms with E-state index in [0.29, 0.717) is 28.9 Å². The normalized spacial score (nSPS) is 12.3. The summed E-state index contributed by atoms with van der Waals surface area (Å²) in [5, 5.41) is 2.58. The highest BCUT2D eigenvalue weighted by atomic mass is 35.5. The maximum absolute atomic E-state index is 14.4. The third-order valence-corrected chi connectivity index (χ3v) is 9.54. The van der Waals surface area contributed by atoms with Crippen molar-refractivity contribution < 1.29 is 31.2 Å². The predicted octanol–water partition coefficient (Wildman–Crippen LogP) is 7.11. The molecule has 47 heavy (non-hydrogen) atoms. The Morgan fingerprint density at radius 1 is 0.851 bits per heavy atom. The second-order valence-electron chi connectivity index (χ2n) is 10.8. The van der Waals surface area contributed by atoms with Crippen molar-refractivity contribution >= 4 is 39.1 Å². The van der Waals surface area contributed by atoms with Crippen molar-refractivity contribution in [1.82, 2.24) is 10.2 Å². The third kappa shape index (κ3) is 9.36. The van der Waals surface area contributed by atoms with Crippen molar-refractivity contribution in [3.8, 4) is 0 Å². The quantitative estimate of drug-likeness (QED) is 0.143. The highest BCUT2D eigenvalue weighted by molar-refractivity contribution is 7.92. The van der Waals surface area contributed by atoms with E-state index in [2.05, 4.69) is 5.32 Å². The number of carbonyl (C=O) groups is 2. The highest BCUT2D eigenvalue weighted by Crippen LogP contribution is 2.37. The third-order valence-electron chi connectivity index (χ3n) is 7.45. The standard InChI is InChI=1S/C35H35ClF3N3O4S/c1-2-3-21-40-34(44)32(22-26-13-7-4-8-14-26)41(24-27-15-9-5-10-16-27)33(43)25-42(47(45,46)29-17-11-6-12-18-29)31-23-28(35(37,38)39)19-20-30(31)36/h4-20,23,32H,2-3,21-22,24-25H2,1H3,(H,40,44). The Morgan fingerprint density at radius 2 is 1.43 bits per heavy atom. The van der Waals surface area contributed by atoms with E-state index in [0.717, 1.165) is 24.1 Å². The SMILES string of the molecule is CCCCNC(=O)C(Cc1ccccc1)N(Cc1ccccc1)C(=O)CN(c1cc(C(F)(F)F)ccc1Cl)S(=O)(=O)c1ccccc1. The molecular formula is C35H35ClF3N3O4S. The first-order valence-corrected chi connectivity index (χ1v) is 16.8. The van der Waals surface area contributed by atoms with Crippen LogP contribution in [0.4, 0.5) is 18.9 Å². The summed E-state index contributed by atoms with van der Waals surface area (Å²) >= 11 is 6.36. The number of alkyl halides is 3. The van der Waals surface area contributed by atoms with Crippen molar-refractivity contribution in [3.63, 3.8) is 0 Å². The van der Waals surface area contributed by atoms with Crippen LogP contribution in [0, 0.1) is 0 Å². The van der Waals surface area contributed by atoms with Gasteiger partial charge in [0.2, 0.25) is 11.8 Å². The van der Waals surface area contributed by atoms with Crippen LogP contribution < -0.4 is 9.62 Å². The number of halogens is 4. The average molecular weight is 686 g/mol. The molecule has 1 unspecified atom stereocenters. The molecule has 0 heterocycles. The summed E-state index contributed by atoms with van der Waals surface area (Å²) in [6, 6.07) is 26.1. The largest absolute Gasteiger partial charge is 0.416 e. The molecule has 0 aliphatic carbocycles. The Hall–Kier alpha value is -4.35. The molecule has 1 N–H and O–H groups in total. The number of nitrogens with zero attached hydrogens (tertiary/aromatic N) is 2. The van der Waals surface area contributed by atoms with Gasteiger partial charge in [0, 0.05) is 19.5 Å². The number of sulfonamides is 1. The molecule has 0 aromatic heterocycles. The molecule has 4 rings (SSSR count). The van der Waals surface area contributed by atoms with Gasteiger partial charge in [0.25, 0.3) is 10.0 Å². The zero-order valence-electron chi connectivity index (χ0n) is 25.7. The van der Waals surface area contributed by atoms with Gasteiger partial charge in [0.15, 0.2) is 0 Å². The molecule has 0 aliphatic heterocycles. The van der Waals surface area contributed by atoms with Crippen LogP contribution in [0.2, 0.25) is 5.02 Å². The van der Waals surface area contributed by atoms with Crippen LogP contribution in [0.1, 0.15) is 36.5 Å². The van der Waals surface area contributed by atoms with E-state index in [4.69, 9.17) is 11.6 Å². The van der Waals surface area contributed by atoms with E-state index in [1.807, 2.05) is 25.1 Å². The fourth-order valence-corrected chi connectivity index (χ4v) is 6.67. The minimum absolute atomic E-state index is 0.0755. The van der Waals surface area contributed by atoms with Crippen molar-refractivity contribution in [3.05, 3.63) is 131 Å². The van der Waals surface area contributed by atoms with Gasteiger partial charge in [-0.1, -0.05) is 104 Å². The number of carbonyl (C=O) groups excluding carboxylic acids is 2. The Bertz CT molecular complexity index is 1740. The molecule has 0 fully saturated rings. The Kier molecular flexibility index (Phi) is 12.1. The molecular weight excluding hydrogens is 651 g/mol. The van der Waals surface area contributed by atoms with Gasteiger partial charge >= 0.3 is 6.18 Å². The van der Waals surface area contributed by atoms with Crippen LogP contribution >= 0.6 is 11.6 Å². The zero-order valence-corrected chi connectivity index (χ0v) is 27.2. The smallest absolute Gasteiger partial charge is 0.354 e. The number of hydrogen-bond acceptors (Lipinski definition) is 4. The molecule has 0 spiro atoms. The lowest BCUT2D eigenvalue weighted by molar-refractivity contribution is -0.140. The maximum atomic E-state index is 14.4. The monoisotopic (exact) mass is 685 g/mol. The zero-order chi connectivity index (χ0) is 34.0. The van der Waals surface area contributed by atoms with E-state index in [1.54, 1.807) is 48.5 Å². The second-order valence-corrected chi connectivity index (χ2v) is 13.1. The van der Waals surface area contributed by atoms with Crippen molar-refractivity contribution in [2.45, 2.75) is 49.8 Å². The summed E-state index contributed by atoms with van der Waals surface area (Å²) in [7, 11) is -4.63. The van der Waals surface area contributed by atoms with E-state index in [-0.39, 0.29) is 22.9 Å². The molecule has 1 atom stereocenters. The summed E-state index contributed by atoms with van der Waals surface area (Å²) in [6.45, 7) is 1.33. The molecule has 7 nitrogen and oxygen atoms in total. The molecule has 0 bridgehead atoms. The van der Waals surface area contributed by atoms with Gasteiger partial charge in [-0.2, -0.15) is 13.2 Å². The summed E-state index contributed by atoms with van der Waals surface area (Å²) in [5.41, 5.74) is -0.250. The molecule has 4 aromatic rings. The lowest BCUT2D eigenvalue weighted by atomic mass is 10.0. The van der Waals surface area contributed by atoms with Gasteiger partial charge in [0.05, 0.1) is 21.2 Å². The Labute approximate surface area is 278 Å². The van der Waals surface area contributed by atoms with Gasteiger partial charge in [-0.3, -0.25) is 13.9 Å². The molecule has 4 aromatic carbocycles. The van der Waals surface area contributed by atoms with Crippen LogP contribution in [-0.2, 0) is 38.8 Å². The van der Waals surface area contributed by atoms with Gasteiger partial charge in [-0.25, -0.2) is 8.42 Å². The molecule has 12 heteroatoms. The van der Waals surface area contributed by atoms with E-state index in [1.165, 1.54) is 29.2 Å². The molecule has 0 aliphatic rings. The maximum Gasteiger partial charge on any atom is 0.416 e. The lowest BCUT2D eigenvalue weighted by Crippen LogP contribution is -2.53. The highest BCUT2D eigenvalue weighted by Gasteiger charge is 2.37. The molecule has 2 amide bonds. The van der Waals surface area contributed by atoms with Crippen molar-refractivity contribution in [2.75, 3.05) is 17.4 Å². The average Bonchev–Trinajstić information content (AvgIpc) is 3.06. The summed E-state index contributed by atoms with van der Waals surface area (Å²) in [4.78, 5) is 29.2. The fraction of sp³-hybridized carbons (Fsp3) is 0.257. The molecule has 0 saturated carbocycles. The minimum atomic E-state index is -4.82. The first kappa shape index (κ1) is 35.5. The molecule has 0 saturated heterocycles. The first-order chi connectivity index (χ1) is 22.4. The first-order valence-electron chi connectivity index (χ1n) is 15.0. The minimum Gasteiger partial charge on any atom is -0.354 e. The summed E-state index contributed by atoms with van der Waals surface area (Å²) in [5.74, 6) is -1.26. The number of unbranched alkanes of at least 4 members (excludes halogenated alkanes) is 1. The second kappa shape index (κ2) is 16.0. The van der Waals surface area contributed by atoms with Crippen molar-refractivity contribution in [1.29, 1.82) is 0 Å². The summed E-state index contributed by atoms with van der Waals surface area (Å²) in [6.07, 6.45) is -3.19. The topological polar surface area (TPSA) is 86.8 Å². The molecule has 248 valence electrons. The number of nitrogens with one attached hydrogen (secondary N) is 1. The number of amides is 2. The number of anilines is 1. The fourth-order valence-electron chi connectivity index (χ4n) is 4.95. The van der Waals surface area contributed by atoms with E-state index in [9.17, 15) is 31.2 Å². The van der Waals surface area contributed by atoms with Gasteiger partial charge in [-0.15, -0.1) is 0 Å². The van der Waals surface area contributed by atoms with Crippen LogP contribution in [0.5, 0.6) is 0 Å². The van der Waals surface area contributed by atoms with Crippen LogP contribution in [0.3, 0.4) is 0 Å². The molecule has 0 radical (unpaired) electrons. The van der Waals surface area contributed by atoms with Crippen molar-refractivity contribution in [2.24, 2.45) is 0 Å². The lowest BCUT2D eigenvalue weighted by Gasteiger charge is -2.34. The van der Waals surface area contributed by atoms with Crippen LogP contribution in [0.15, 0.2) is 114 Å². The number of hydrogen-bond donors (Lipinski definition) is 1. The Morgan fingerprint density at radius 3 is 2.00 bits per heavy atom. The van der Waals surface area contributed by atoms with Gasteiger partial charge in [0.1, 0.15) is 12.6 Å². The van der Waals surface area contributed by atoms with Gasteiger partial charge < -0.3 is 10.2 Å². The predicted molar refractivity (Wildman–Crippen MR) is 176 cm³/mol. The Balaban J connectivity index is 1.84. The van der Waals surface area contributed by atoms with Gasteiger partial charge in [-0.05, 0) is 47.9 Å². The van der Waals surface area contributed by atoms with E-state index >= 15 is 0 Å². The number of benzene rings is 4. The van der Waals surface area contributed by atoms with Crippen LogP contribution in [-0.4, -0.2) is 44.3 Å².